The van der Waals surface area contributed by atoms with E-state index in [9.17, 15) is 27.9 Å². The monoisotopic (exact) mass is 610 g/mol. The van der Waals surface area contributed by atoms with Crippen LogP contribution in [0.2, 0.25) is 0 Å². The van der Waals surface area contributed by atoms with Gasteiger partial charge in [-0.1, -0.05) is 36.4 Å². The van der Waals surface area contributed by atoms with E-state index >= 15 is 0 Å². The Morgan fingerprint density at radius 2 is 1.80 bits per heavy atom. The number of carboxylic acids is 1. The first-order valence-corrected chi connectivity index (χ1v) is 14.5. The van der Waals surface area contributed by atoms with Crippen LogP contribution in [0.15, 0.2) is 48.5 Å². The molecule has 44 heavy (non-hydrogen) atoms. The number of nitrogen functional groups attached to an aromatic ring is 1. The van der Waals surface area contributed by atoms with Crippen molar-refractivity contribution in [3.05, 3.63) is 65.2 Å². The molecule has 4 N–H and O–H groups in total. The number of benzene rings is 2. The van der Waals surface area contributed by atoms with E-state index in [1.54, 1.807) is 36.2 Å². The van der Waals surface area contributed by atoms with Crippen molar-refractivity contribution in [3.63, 3.8) is 0 Å². The van der Waals surface area contributed by atoms with Crippen molar-refractivity contribution in [2.24, 2.45) is 5.41 Å². The highest BCUT2D eigenvalue weighted by atomic mass is 19.4. The molecule has 0 bridgehead atoms. The van der Waals surface area contributed by atoms with Crippen LogP contribution in [0.1, 0.15) is 46.9 Å². The van der Waals surface area contributed by atoms with E-state index in [4.69, 9.17) is 10.5 Å². The van der Waals surface area contributed by atoms with Crippen LogP contribution in [0.25, 0.3) is 11.1 Å². The summed E-state index contributed by atoms with van der Waals surface area (Å²) in [7, 11) is 1.75. The van der Waals surface area contributed by atoms with E-state index in [-0.39, 0.29) is 28.7 Å². The first-order valence-electron chi connectivity index (χ1n) is 14.5. The molecule has 0 saturated carbocycles. The number of aromatic nitrogens is 2. The number of ether oxygens (including phenoxy) is 1. The molecule has 4 heterocycles. The molecule has 2 aromatic carbocycles. The zero-order valence-electron chi connectivity index (χ0n) is 24.1. The van der Waals surface area contributed by atoms with Crippen LogP contribution < -0.4 is 20.7 Å². The molecule has 1 amide bonds. The number of alkyl halides is 3. The zero-order chi connectivity index (χ0) is 31.2. The number of rotatable bonds is 6. The molecule has 2 atom stereocenters. The van der Waals surface area contributed by atoms with Crippen molar-refractivity contribution in [2.45, 2.75) is 44.0 Å². The third kappa shape index (κ3) is 5.88. The molecular formula is C31H33F3N6O4. The lowest BCUT2D eigenvalue weighted by Crippen LogP contribution is -2.41. The van der Waals surface area contributed by atoms with Gasteiger partial charge in [0.15, 0.2) is 0 Å². The van der Waals surface area contributed by atoms with Crippen LogP contribution in [0.4, 0.5) is 24.9 Å². The average Bonchev–Trinajstić information content (AvgIpc) is 3.41. The second-order valence-corrected chi connectivity index (χ2v) is 11.9. The first-order chi connectivity index (χ1) is 20.9. The molecule has 0 aliphatic carbocycles. The number of aliphatic carboxylic acids is 1. The van der Waals surface area contributed by atoms with Crippen molar-refractivity contribution in [1.29, 1.82) is 0 Å². The number of piperidine rings is 1. The summed E-state index contributed by atoms with van der Waals surface area (Å²) in [5.74, 6) is -1.06. The molecule has 0 radical (unpaired) electrons. The molecule has 13 heteroatoms. The zero-order valence-corrected chi connectivity index (χ0v) is 24.1. The lowest BCUT2D eigenvalue weighted by atomic mass is 9.76. The van der Waals surface area contributed by atoms with Gasteiger partial charge in [-0.05, 0) is 53.9 Å². The minimum Gasteiger partial charge on any atom is -0.480 e. The Morgan fingerprint density at radius 3 is 2.45 bits per heavy atom. The predicted octanol–water partition coefficient (Wildman–Crippen LogP) is 4.07. The number of anilines is 2. The van der Waals surface area contributed by atoms with Crippen LogP contribution in [-0.2, 0) is 11.2 Å². The number of amides is 1. The van der Waals surface area contributed by atoms with Gasteiger partial charge in [-0.3, -0.25) is 9.59 Å². The Morgan fingerprint density at radius 1 is 1.09 bits per heavy atom. The van der Waals surface area contributed by atoms with Crippen LogP contribution in [0.5, 0.6) is 5.88 Å². The summed E-state index contributed by atoms with van der Waals surface area (Å²) in [4.78, 5) is 35.5. The second kappa shape index (κ2) is 11.3. The third-order valence-electron chi connectivity index (χ3n) is 8.99. The molecule has 3 aliphatic heterocycles. The average molecular weight is 611 g/mol. The van der Waals surface area contributed by atoms with Gasteiger partial charge >= 0.3 is 12.1 Å². The number of hydrogen-bond donors (Lipinski definition) is 3. The number of nitrogens with two attached hydrogens (primary N) is 1. The Bertz CT molecular complexity index is 1570. The second-order valence-electron chi connectivity index (χ2n) is 11.9. The number of fused-ring (bicyclic) bond motifs is 1. The summed E-state index contributed by atoms with van der Waals surface area (Å²) >= 11 is 0. The molecule has 2 saturated heterocycles. The molecular weight excluding hydrogens is 577 g/mol. The molecule has 3 aromatic rings. The van der Waals surface area contributed by atoms with E-state index in [0.717, 1.165) is 11.1 Å². The third-order valence-corrected chi connectivity index (χ3v) is 8.99. The van der Waals surface area contributed by atoms with Gasteiger partial charge < -0.3 is 30.7 Å². The molecule has 1 spiro atoms. The fourth-order valence-corrected chi connectivity index (χ4v) is 6.41. The summed E-state index contributed by atoms with van der Waals surface area (Å²) in [5.41, 5.74) is 8.73. The maximum Gasteiger partial charge on any atom is 0.429 e. The number of carbonyl (C=O) groups is 2. The normalized spacial score (nSPS) is 20.5. The Labute approximate surface area is 252 Å². The lowest BCUT2D eigenvalue weighted by Gasteiger charge is -2.39. The minimum absolute atomic E-state index is 0.0453. The molecule has 2 fully saturated rings. The summed E-state index contributed by atoms with van der Waals surface area (Å²) in [6.07, 6.45) is -4.38. The number of hydrogen-bond acceptors (Lipinski definition) is 8. The maximum atomic E-state index is 14.3. The van der Waals surface area contributed by atoms with Crippen LogP contribution in [0.3, 0.4) is 0 Å². The van der Waals surface area contributed by atoms with Gasteiger partial charge in [-0.15, -0.1) is 0 Å². The minimum atomic E-state index is -4.74. The van der Waals surface area contributed by atoms with E-state index in [1.165, 1.54) is 18.2 Å². The molecule has 1 unspecified atom stereocenters. The summed E-state index contributed by atoms with van der Waals surface area (Å²) < 4.78 is 48.3. The number of halogens is 3. The van der Waals surface area contributed by atoms with Crippen molar-refractivity contribution >= 4 is 23.6 Å². The van der Waals surface area contributed by atoms with Gasteiger partial charge in [-0.25, -0.2) is 0 Å². The topological polar surface area (TPSA) is 134 Å². The molecule has 10 nitrogen and oxygen atoms in total. The van der Waals surface area contributed by atoms with Crippen LogP contribution >= 0.6 is 0 Å². The Hall–Kier alpha value is -4.39. The Kier molecular flexibility index (Phi) is 7.60. The van der Waals surface area contributed by atoms with Gasteiger partial charge in [0.25, 0.3) is 5.91 Å². The number of carbonyl (C=O) groups excluding carboxylic acids is 1. The van der Waals surface area contributed by atoms with Gasteiger partial charge in [0.2, 0.25) is 17.9 Å². The summed E-state index contributed by atoms with van der Waals surface area (Å²) in [5, 5.41) is 12.4. The fraction of sp³-hybridized carbons (Fsp3) is 0.419. The van der Waals surface area contributed by atoms with E-state index in [1.807, 2.05) is 11.0 Å². The number of nitrogens with zero attached hydrogens (tertiary/aromatic N) is 4. The largest absolute Gasteiger partial charge is 0.480 e. The van der Waals surface area contributed by atoms with Gasteiger partial charge in [0, 0.05) is 50.4 Å². The number of carboxylic acid groups (broad SMARTS) is 1. The molecule has 3 aliphatic rings. The van der Waals surface area contributed by atoms with E-state index in [2.05, 4.69) is 15.3 Å². The van der Waals surface area contributed by atoms with Crippen molar-refractivity contribution in [3.8, 4) is 17.0 Å². The molecule has 1 aromatic heterocycles. The molecule has 6 rings (SSSR count). The first kappa shape index (κ1) is 29.7. The smallest absolute Gasteiger partial charge is 0.429 e. The van der Waals surface area contributed by atoms with E-state index in [0.29, 0.717) is 68.8 Å². The SMILES string of the molecule is CN1CCc2cc(-c3ccc([C@@H](Oc4cc(N5CCC6(CC5)CNC(C(=O)O)C6)nc(N)n4)C(F)(F)F)cc3)ccc2C1=O. The van der Waals surface area contributed by atoms with Crippen molar-refractivity contribution in [2.75, 3.05) is 43.9 Å². The van der Waals surface area contributed by atoms with Gasteiger partial charge in [0.1, 0.15) is 11.9 Å². The van der Waals surface area contributed by atoms with Crippen molar-refractivity contribution in [1.82, 2.24) is 20.2 Å². The predicted molar refractivity (Wildman–Crippen MR) is 156 cm³/mol. The summed E-state index contributed by atoms with van der Waals surface area (Å²) in [6, 6.07) is 12.2. The highest BCUT2D eigenvalue weighted by Gasteiger charge is 2.45. The highest BCUT2D eigenvalue weighted by Crippen LogP contribution is 2.41. The quantitative estimate of drug-likeness (QED) is 0.378. The lowest BCUT2D eigenvalue weighted by molar-refractivity contribution is -0.198. The summed E-state index contributed by atoms with van der Waals surface area (Å²) in [6.45, 7) is 2.30. The van der Waals surface area contributed by atoms with Crippen LogP contribution in [-0.4, -0.2) is 77.3 Å². The molecule has 232 valence electrons. The van der Waals surface area contributed by atoms with Crippen molar-refractivity contribution < 1.29 is 32.6 Å². The fourth-order valence-electron chi connectivity index (χ4n) is 6.41. The van der Waals surface area contributed by atoms with Crippen LogP contribution in [0, 0.1) is 5.41 Å². The van der Waals surface area contributed by atoms with Gasteiger partial charge in [-0.2, -0.15) is 23.1 Å². The maximum absolute atomic E-state index is 14.3. The Balaban J connectivity index is 1.18. The number of likely N-dealkylation sites (N-methyl/N-ethyl adjacent to an activating group) is 1. The van der Waals surface area contributed by atoms with E-state index < -0.39 is 24.3 Å². The highest BCUT2D eigenvalue weighted by molar-refractivity contribution is 5.97. The standard InChI is InChI=1S/C31H33F3N6O4/c1-39-11-8-21-14-20(6-7-22(21)27(39)41)18-2-4-19(5-3-18)26(31(32,33)34)44-25-15-24(37-29(35)38-25)40-12-9-30(10-13-40)16-23(28(42)43)36-17-30/h2-7,14-15,23,26,36H,8-13,16-17H2,1H3,(H,42,43)(H2,35,37,38)/t23?,26-/m1/s1. The number of nitrogens with one attached hydrogen (secondary N) is 1. The van der Waals surface area contributed by atoms with Gasteiger partial charge in [0.05, 0.1) is 0 Å².